The summed E-state index contributed by atoms with van der Waals surface area (Å²) in [6, 6.07) is 4.53. The van der Waals surface area contributed by atoms with E-state index in [1.54, 1.807) is 26.0 Å². The second-order valence-electron chi connectivity index (χ2n) is 9.62. The highest BCUT2D eigenvalue weighted by atomic mass is 79.9. The number of methoxy groups -OCH3 is 1. The maximum atomic E-state index is 13.4. The zero-order valence-electron chi connectivity index (χ0n) is 22.6. The number of anilines is 1. The second kappa shape index (κ2) is 11.7. The van der Waals surface area contributed by atoms with E-state index in [-0.39, 0.29) is 52.9 Å². The molecule has 0 unspecified atom stereocenters. The highest BCUT2D eigenvalue weighted by Gasteiger charge is 2.47. The van der Waals surface area contributed by atoms with E-state index >= 15 is 0 Å². The Balaban J connectivity index is 1.83. The summed E-state index contributed by atoms with van der Waals surface area (Å²) < 4.78 is 91.4. The summed E-state index contributed by atoms with van der Waals surface area (Å²) in [4.78, 5) is 27.8. The number of alkyl halides is 6. The van der Waals surface area contributed by atoms with Gasteiger partial charge in [0.15, 0.2) is 0 Å². The van der Waals surface area contributed by atoms with Gasteiger partial charge in [0.25, 0.3) is 0 Å². The summed E-state index contributed by atoms with van der Waals surface area (Å²) in [6.45, 7) is 3.54. The first kappa shape index (κ1) is 31.5. The number of nitrogens with two attached hydrogens (primary N) is 1. The number of ether oxygens (including phenoxy) is 2. The highest BCUT2D eigenvalue weighted by molar-refractivity contribution is 9.10. The molecule has 0 bridgehead atoms. The fourth-order valence-electron chi connectivity index (χ4n) is 4.80. The van der Waals surface area contributed by atoms with Crippen LogP contribution in [0.15, 0.2) is 41.0 Å². The SMILES string of the molecule is CCOC(=O)N1c2ccc(OC)nc2[C@@H](c2ncc(Br)c(Cc3cc(C(F)(F)F)cc(C(F)(F)F)c3)n2)C[C@@]1(N)CC. The molecule has 15 heteroatoms. The first-order valence-corrected chi connectivity index (χ1v) is 13.5. The molecule has 0 spiro atoms. The van der Waals surface area contributed by atoms with Gasteiger partial charge >= 0.3 is 18.4 Å². The lowest BCUT2D eigenvalue weighted by Crippen LogP contribution is -2.61. The van der Waals surface area contributed by atoms with E-state index in [2.05, 4.69) is 30.9 Å². The van der Waals surface area contributed by atoms with Crippen molar-refractivity contribution in [3.8, 4) is 5.88 Å². The quantitative estimate of drug-likeness (QED) is 0.289. The summed E-state index contributed by atoms with van der Waals surface area (Å²) in [5.74, 6) is -0.334. The maximum Gasteiger partial charge on any atom is 0.416 e. The fourth-order valence-corrected chi connectivity index (χ4v) is 5.13. The van der Waals surface area contributed by atoms with Gasteiger partial charge in [-0.15, -0.1) is 0 Å². The van der Waals surface area contributed by atoms with Crippen molar-refractivity contribution < 1.29 is 40.6 Å². The minimum absolute atomic E-state index is 0.0723. The smallest absolute Gasteiger partial charge is 0.416 e. The van der Waals surface area contributed by atoms with Gasteiger partial charge in [0.2, 0.25) is 5.88 Å². The Kier molecular flexibility index (Phi) is 8.74. The molecular formula is C27H26BrF6N5O3. The van der Waals surface area contributed by atoms with Crippen LogP contribution in [0.1, 0.15) is 66.5 Å². The van der Waals surface area contributed by atoms with Crippen molar-refractivity contribution in [3.05, 3.63) is 74.9 Å². The van der Waals surface area contributed by atoms with Crippen molar-refractivity contribution in [3.63, 3.8) is 0 Å². The number of aromatic nitrogens is 3. The summed E-state index contributed by atoms with van der Waals surface area (Å²) in [5.41, 5.74) is 3.19. The number of fused-ring (bicyclic) bond motifs is 1. The number of benzene rings is 1. The average Bonchev–Trinajstić information content (AvgIpc) is 2.92. The lowest BCUT2D eigenvalue weighted by atomic mass is 9.83. The van der Waals surface area contributed by atoms with Crippen LogP contribution in [-0.2, 0) is 23.5 Å². The summed E-state index contributed by atoms with van der Waals surface area (Å²) in [5, 5.41) is 0. The number of rotatable bonds is 6. The molecule has 0 saturated carbocycles. The Hall–Kier alpha value is -3.46. The van der Waals surface area contributed by atoms with Gasteiger partial charge in [-0.1, -0.05) is 6.92 Å². The van der Waals surface area contributed by atoms with Crippen LogP contribution in [0.2, 0.25) is 0 Å². The van der Waals surface area contributed by atoms with Gasteiger partial charge in [-0.3, -0.25) is 4.90 Å². The fraction of sp³-hybridized carbons (Fsp3) is 0.407. The zero-order valence-corrected chi connectivity index (χ0v) is 24.2. The summed E-state index contributed by atoms with van der Waals surface area (Å²) in [7, 11) is 1.41. The molecule has 2 atom stereocenters. The van der Waals surface area contributed by atoms with Crippen molar-refractivity contribution >= 4 is 27.7 Å². The number of halogens is 7. The first-order valence-electron chi connectivity index (χ1n) is 12.7. The van der Waals surface area contributed by atoms with Crippen LogP contribution < -0.4 is 15.4 Å². The monoisotopic (exact) mass is 661 g/mol. The number of pyridine rings is 1. The molecule has 3 aromatic rings. The molecule has 42 heavy (non-hydrogen) atoms. The maximum absolute atomic E-state index is 13.4. The van der Waals surface area contributed by atoms with Gasteiger partial charge in [0.1, 0.15) is 11.5 Å². The Bertz CT molecular complexity index is 1450. The van der Waals surface area contributed by atoms with E-state index < -0.39 is 41.2 Å². The Labute approximate surface area is 245 Å². The first-order chi connectivity index (χ1) is 19.6. The van der Waals surface area contributed by atoms with Crippen molar-refractivity contribution in [2.24, 2.45) is 5.73 Å². The van der Waals surface area contributed by atoms with Crippen LogP contribution in [0.3, 0.4) is 0 Å². The lowest BCUT2D eigenvalue weighted by molar-refractivity contribution is -0.143. The van der Waals surface area contributed by atoms with Crippen molar-refractivity contribution in [1.29, 1.82) is 0 Å². The molecule has 1 aliphatic rings. The van der Waals surface area contributed by atoms with Crippen molar-refractivity contribution in [2.75, 3.05) is 18.6 Å². The molecule has 3 heterocycles. The standard InChI is InChI=1S/C27H26BrF6N5O3/c1-4-25(35)12-17(22-20(6-7-21(38-22)41-3)39(25)24(40)42-5-2)23-36-13-18(28)19(37-23)10-14-8-15(26(29,30)31)11-16(9-14)27(32,33)34/h6-9,11,13,17H,4-5,10,12,35H2,1-3H3/t17-,25+/m0/s1. The molecule has 4 rings (SSSR count). The lowest BCUT2D eigenvalue weighted by Gasteiger charge is -2.46. The molecule has 0 saturated heterocycles. The molecule has 1 aromatic carbocycles. The average molecular weight is 662 g/mol. The number of hydrogen-bond donors (Lipinski definition) is 1. The highest BCUT2D eigenvalue weighted by Crippen LogP contribution is 2.45. The second-order valence-corrected chi connectivity index (χ2v) is 10.5. The zero-order chi connectivity index (χ0) is 31.0. The van der Waals surface area contributed by atoms with E-state index in [0.29, 0.717) is 29.9 Å². The topological polar surface area (TPSA) is 103 Å². The molecule has 1 amide bonds. The third-order valence-corrected chi connectivity index (χ3v) is 7.55. The number of carbonyl (C=O) groups excluding carboxylic acids is 1. The molecule has 8 nitrogen and oxygen atoms in total. The molecule has 0 radical (unpaired) electrons. The third kappa shape index (κ3) is 6.31. The Morgan fingerprint density at radius 1 is 1.10 bits per heavy atom. The number of nitrogens with zero attached hydrogens (tertiary/aromatic N) is 4. The van der Waals surface area contributed by atoms with Crippen molar-refractivity contribution in [2.45, 2.75) is 57.0 Å². The molecule has 2 N–H and O–H groups in total. The van der Waals surface area contributed by atoms with E-state index in [0.717, 1.165) is 0 Å². The van der Waals surface area contributed by atoms with Crippen LogP contribution in [-0.4, -0.2) is 40.4 Å². The number of hydrogen-bond acceptors (Lipinski definition) is 7. The molecular weight excluding hydrogens is 636 g/mol. The molecule has 0 aliphatic carbocycles. The minimum Gasteiger partial charge on any atom is -0.481 e. The molecule has 0 fully saturated rings. The van der Waals surface area contributed by atoms with Crippen LogP contribution in [0.25, 0.3) is 0 Å². The van der Waals surface area contributed by atoms with Crippen LogP contribution in [0.5, 0.6) is 5.88 Å². The molecule has 2 aromatic heterocycles. The normalized spacial score (nSPS) is 18.9. The van der Waals surface area contributed by atoms with Gasteiger partial charge in [-0.2, -0.15) is 26.3 Å². The Morgan fingerprint density at radius 2 is 1.74 bits per heavy atom. The van der Waals surface area contributed by atoms with Gasteiger partial charge in [-0.25, -0.2) is 19.7 Å². The molecule has 1 aliphatic heterocycles. The van der Waals surface area contributed by atoms with E-state index in [1.807, 2.05) is 0 Å². The van der Waals surface area contributed by atoms with Gasteiger partial charge in [-0.05, 0) is 65.5 Å². The van der Waals surface area contributed by atoms with Crippen LogP contribution in [0, 0.1) is 0 Å². The Morgan fingerprint density at radius 3 is 2.29 bits per heavy atom. The largest absolute Gasteiger partial charge is 0.481 e. The van der Waals surface area contributed by atoms with E-state index in [1.165, 1.54) is 18.2 Å². The predicted molar refractivity (Wildman–Crippen MR) is 143 cm³/mol. The van der Waals surface area contributed by atoms with Gasteiger partial charge in [0, 0.05) is 18.7 Å². The molecule has 226 valence electrons. The van der Waals surface area contributed by atoms with E-state index in [9.17, 15) is 31.1 Å². The van der Waals surface area contributed by atoms with Gasteiger partial charge in [0.05, 0.1) is 52.3 Å². The van der Waals surface area contributed by atoms with Gasteiger partial charge < -0.3 is 15.2 Å². The number of amides is 1. The van der Waals surface area contributed by atoms with E-state index in [4.69, 9.17) is 15.2 Å². The van der Waals surface area contributed by atoms with Crippen LogP contribution in [0.4, 0.5) is 36.8 Å². The third-order valence-electron chi connectivity index (χ3n) is 6.89. The predicted octanol–water partition coefficient (Wildman–Crippen LogP) is 6.83. The van der Waals surface area contributed by atoms with Crippen molar-refractivity contribution in [1.82, 2.24) is 15.0 Å². The minimum atomic E-state index is -4.99. The summed E-state index contributed by atoms with van der Waals surface area (Å²) in [6.07, 6.45) is -9.30. The number of carbonyl (C=O) groups is 1. The van der Waals surface area contributed by atoms with Crippen LogP contribution >= 0.6 is 15.9 Å². The summed E-state index contributed by atoms with van der Waals surface area (Å²) >= 11 is 3.27.